The first kappa shape index (κ1) is 25.3. The summed E-state index contributed by atoms with van der Waals surface area (Å²) in [6.45, 7) is 6.79. The molecule has 3 heterocycles. The average Bonchev–Trinajstić information content (AvgIpc) is 3.66. The number of nitrogens with zero attached hydrogens (tertiary/aromatic N) is 5. The number of aromatic nitrogens is 3. The van der Waals surface area contributed by atoms with Crippen molar-refractivity contribution in [2.24, 2.45) is 0 Å². The van der Waals surface area contributed by atoms with Gasteiger partial charge in [-0.15, -0.1) is 0 Å². The van der Waals surface area contributed by atoms with E-state index in [4.69, 9.17) is 9.72 Å². The SMILES string of the molecule is Cc1nc(N[C@H](C)c2cccc(C(C)F)c2F)c2cc(C3(C#N)CC3)c(OC3CCN(C)CC3)nc2n1. The van der Waals surface area contributed by atoms with Crippen molar-refractivity contribution in [3.05, 3.63) is 52.6 Å². The van der Waals surface area contributed by atoms with Gasteiger partial charge in [-0.1, -0.05) is 18.2 Å². The highest BCUT2D eigenvalue weighted by molar-refractivity contribution is 5.88. The topological polar surface area (TPSA) is 87.0 Å². The van der Waals surface area contributed by atoms with Crippen LogP contribution in [0.4, 0.5) is 14.6 Å². The van der Waals surface area contributed by atoms with Crippen LogP contribution in [0.5, 0.6) is 5.88 Å². The van der Waals surface area contributed by atoms with Crippen molar-refractivity contribution in [1.29, 1.82) is 5.26 Å². The molecule has 0 bridgehead atoms. The number of nitrogens with one attached hydrogen (secondary N) is 1. The summed E-state index contributed by atoms with van der Waals surface area (Å²) < 4.78 is 35.4. The summed E-state index contributed by atoms with van der Waals surface area (Å²) in [7, 11) is 2.10. The minimum Gasteiger partial charge on any atom is -0.474 e. The first-order valence-electron chi connectivity index (χ1n) is 12.9. The molecule has 1 aliphatic carbocycles. The number of pyridine rings is 1. The first-order valence-corrected chi connectivity index (χ1v) is 12.9. The molecule has 1 saturated heterocycles. The van der Waals surface area contributed by atoms with Crippen LogP contribution in [0.2, 0.25) is 0 Å². The van der Waals surface area contributed by atoms with Crippen LogP contribution < -0.4 is 10.1 Å². The summed E-state index contributed by atoms with van der Waals surface area (Å²) in [5.41, 5.74) is 0.947. The molecule has 1 saturated carbocycles. The fourth-order valence-electron chi connectivity index (χ4n) is 5.01. The van der Waals surface area contributed by atoms with Crippen molar-refractivity contribution in [1.82, 2.24) is 19.9 Å². The quantitative estimate of drug-likeness (QED) is 0.440. The number of anilines is 1. The van der Waals surface area contributed by atoms with E-state index in [0.29, 0.717) is 34.1 Å². The van der Waals surface area contributed by atoms with Gasteiger partial charge in [-0.2, -0.15) is 10.2 Å². The van der Waals surface area contributed by atoms with Crippen LogP contribution in [0.25, 0.3) is 11.0 Å². The minimum absolute atomic E-state index is 0.0271. The number of alkyl halides is 1. The Kier molecular flexibility index (Phi) is 6.71. The van der Waals surface area contributed by atoms with Gasteiger partial charge in [0.15, 0.2) is 5.65 Å². The lowest BCUT2D eigenvalue weighted by Crippen LogP contribution is -2.36. The van der Waals surface area contributed by atoms with Gasteiger partial charge in [0.25, 0.3) is 0 Å². The number of ether oxygens (including phenoxy) is 1. The lowest BCUT2D eigenvalue weighted by atomic mass is 9.97. The third-order valence-electron chi connectivity index (χ3n) is 7.49. The smallest absolute Gasteiger partial charge is 0.220 e. The summed E-state index contributed by atoms with van der Waals surface area (Å²) >= 11 is 0. The fourth-order valence-corrected chi connectivity index (χ4v) is 5.01. The second kappa shape index (κ2) is 9.82. The second-order valence-corrected chi connectivity index (χ2v) is 10.4. The lowest BCUT2D eigenvalue weighted by molar-refractivity contribution is 0.109. The van der Waals surface area contributed by atoms with Gasteiger partial charge >= 0.3 is 0 Å². The molecule has 7 nitrogen and oxygen atoms in total. The van der Waals surface area contributed by atoms with E-state index in [1.165, 1.54) is 13.0 Å². The summed E-state index contributed by atoms with van der Waals surface area (Å²) in [4.78, 5) is 16.2. The third kappa shape index (κ3) is 4.95. The molecule has 2 atom stereocenters. The van der Waals surface area contributed by atoms with E-state index >= 15 is 4.39 Å². The van der Waals surface area contributed by atoms with Gasteiger partial charge in [0.2, 0.25) is 5.88 Å². The molecule has 3 aromatic rings. The zero-order chi connectivity index (χ0) is 26.3. The first-order chi connectivity index (χ1) is 17.7. The molecule has 1 aliphatic heterocycles. The Morgan fingerprint density at radius 2 is 1.86 bits per heavy atom. The average molecular weight is 507 g/mol. The Labute approximate surface area is 215 Å². The van der Waals surface area contributed by atoms with Gasteiger partial charge in [-0.3, -0.25) is 0 Å². The predicted molar refractivity (Wildman–Crippen MR) is 138 cm³/mol. The minimum atomic E-state index is -1.41. The third-order valence-corrected chi connectivity index (χ3v) is 7.49. The van der Waals surface area contributed by atoms with Crippen molar-refractivity contribution in [2.45, 2.75) is 70.2 Å². The van der Waals surface area contributed by atoms with Crippen LogP contribution in [-0.4, -0.2) is 46.1 Å². The summed E-state index contributed by atoms with van der Waals surface area (Å²) in [5.74, 6) is 0.887. The molecule has 2 aliphatic rings. The number of aryl methyl sites for hydroxylation is 1. The van der Waals surface area contributed by atoms with Crippen LogP contribution in [0.3, 0.4) is 0 Å². The van der Waals surface area contributed by atoms with Crippen LogP contribution in [0, 0.1) is 24.1 Å². The molecule has 0 amide bonds. The molecule has 9 heteroatoms. The van der Waals surface area contributed by atoms with Crippen molar-refractivity contribution in [3.8, 4) is 11.9 Å². The highest BCUT2D eigenvalue weighted by Gasteiger charge is 2.48. The van der Waals surface area contributed by atoms with E-state index in [1.807, 2.05) is 6.07 Å². The molecule has 1 N–H and O–H groups in total. The normalized spacial score (nSPS) is 19.3. The Morgan fingerprint density at radius 3 is 2.51 bits per heavy atom. The Hall–Kier alpha value is -3.38. The molecule has 5 rings (SSSR count). The largest absolute Gasteiger partial charge is 0.474 e. The summed E-state index contributed by atoms with van der Waals surface area (Å²) in [6, 6.07) is 8.63. The molecule has 2 fully saturated rings. The van der Waals surface area contributed by atoms with Crippen LogP contribution in [0.1, 0.15) is 74.3 Å². The molecule has 2 aromatic heterocycles. The van der Waals surface area contributed by atoms with E-state index in [-0.39, 0.29) is 11.7 Å². The summed E-state index contributed by atoms with van der Waals surface area (Å²) in [5, 5.41) is 13.9. The van der Waals surface area contributed by atoms with Crippen molar-refractivity contribution in [2.75, 3.05) is 25.5 Å². The monoisotopic (exact) mass is 506 g/mol. The van der Waals surface area contributed by atoms with Gasteiger partial charge in [-0.05, 0) is 59.6 Å². The number of nitriles is 1. The van der Waals surface area contributed by atoms with Crippen molar-refractivity contribution in [3.63, 3.8) is 0 Å². The van der Waals surface area contributed by atoms with Gasteiger partial charge < -0.3 is 15.0 Å². The summed E-state index contributed by atoms with van der Waals surface area (Å²) in [6.07, 6.45) is 1.89. The van der Waals surface area contributed by atoms with E-state index in [1.54, 1.807) is 26.0 Å². The van der Waals surface area contributed by atoms with Gasteiger partial charge in [0, 0.05) is 29.8 Å². The highest BCUT2D eigenvalue weighted by Crippen LogP contribution is 2.51. The van der Waals surface area contributed by atoms with Crippen LogP contribution in [0.15, 0.2) is 24.3 Å². The predicted octanol–water partition coefficient (Wildman–Crippen LogP) is 5.70. The van der Waals surface area contributed by atoms with Crippen LogP contribution in [-0.2, 0) is 5.41 Å². The van der Waals surface area contributed by atoms with E-state index in [2.05, 4.69) is 33.3 Å². The fraction of sp³-hybridized carbons (Fsp3) is 0.500. The zero-order valence-electron chi connectivity index (χ0n) is 21.7. The standard InChI is InChI=1S/C28H32F2N6O/c1-16(29)20-6-5-7-21(24(20)30)17(2)32-25-22-14-23(28(15-31)10-11-28)27(35-26(22)34-18(3)33-25)37-19-8-12-36(4)13-9-19/h5-7,14,16-17,19H,8-13H2,1-4H3,(H,32,33,34,35)/t16?,17-/m1/s1. The maximum Gasteiger partial charge on any atom is 0.220 e. The number of hydrogen-bond donors (Lipinski definition) is 1. The molecule has 0 radical (unpaired) electrons. The van der Waals surface area contributed by atoms with E-state index in [0.717, 1.165) is 44.3 Å². The molecule has 194 valence electrons. The number of hydrogen-bond acceptors (Lipinski definition) is 7. The molecule has 37 heavy (non-hydrogen) atoms. The number of rotatable bonds is 7. The molecule has 1 aromatic carbocycles. The number of piperidine rings is 1. The van der Waals surface area contributed by atoms with E-state index in [9.17, 15) is 9.65 Å². The Bertz CT molecular complexity index is 1360. The van der Waals surface area contributed by atoms with Crippen molar-refractivity contribution < 1.29 is 13.5 Å². The maximum atomic E-state index is 15.1. The zero-order valence-corrected chi connectivity index (χ0v) is 21.7. The second-order valence-electron chi connectivity index (χ2n) is 10.4. The highest BCUT2D eigenvalue weighted by atomic mass is 19.1. The molecular formula is C28H32F2N6O. The number of halogens is 2. The molecule has 1 unspecified atom stereocenters. The maximum absolute atomic E-state index is 15.1. The lowest BCUT2D eigenvalue weighted by Gasteiger charge is -2.30. The van der Waals surface area contributed by atoms with Crippen LogP contribution >= 0.6 is 0 Å². The van der Waals surface area contributed by atoms with Gasteiger partial charge in [0.1, 0.15) is 29.7 Å². The number of benzene rings is 1. The number of likely N-dealkylation sites (tertiary alicyclic amines) is 1. The molecule has 0 spiro atoms. The Balaban J connectivity index is 1.54. The Morgan fingerprint density at radius 1 is 1.16 bits per heavy atom. The van der Waals surface area contributed by atoms with Gasteiger partial charge in [-0.25, -0.2) is 18.7 Å². The van der Waals surface area contributed by atoms with Gasteiger partial charge in [0.05, 0.1) is 22.9 Å². The van der Waals surface area contributed by atoms with Crippen molar-refractivity contribution >= 4 is 16.9 Å². The van der Waals surface area contributed by atoms with E-state index < -0.39 is 23.4 Å². The number of fused-ring (bicyclic) bond motifs is 1. The molecular weight excluding hydrogens is 474 g/mol.